The zero-order chi connectivity index (χ0) is 8.32. The number of rotatable bonds is 2. The second kappa shape index (κ2) is 3.65. The van der Waals surface area contributed by atoms with E-state index in [2.05, 4.69) is 0 Å². The van der Waals surface area contributed by atoms with Gasteiger partial charge in [0.25, 0.3) is 0 Å². The van der Waals surface area contributed by atoms with Crippen LogP contribution in [0.3, 0.4) is 0 Å². The van der Waals surface area contributed by atoms with Crippen LogP contribution >= 0.6 is 0 Å². The van der Waals surface area contributed by atoms with Gasteiger partial charge in [-0.3, -0.25) is 0 Å². The molecule has 1 heterocycles. The molecule has 0 aromatic heterocycles. The maximum absolute atomic E-state index is 10.5. The van der Waals surface area contributed by atoms with Crippen molar-refractivity contribution in [1.82, 2.24) is 0 Å². The number of hydrogen-bond acceptors (Lipinski definition) is 2. The molecule has 0 spiro atoms. The standard InChI is InChI=1S/C7H14O3S/c1-7(6-11(8)9)2-4-10-5-3-7/h2-6H2,1H3,(H,8,9). The maximum atomic E-state index is 10.5. The van der Waals surface area contributed by atoms with E-state index in [1.165, 1.54) is 0 Å². The van der Waals surface area contributed by atoms with Crippen LogP contribution in [-0.2, 0) is 15.8 Å². The minimum absolute atomic E-state index is 0.0257. The largest absolute Gasteiger partial charge is 0.381 e. The van der Waals surface area contributed by atoms with E-state index in [-0.39, 0.29) is 5.41 Å². The molecule has 11 heavy (non-hydrogen) atoms. The van der Waals surface area contributed by atoms with Gasteiger partial charge < -0.3 is 9.29 Å². The van der Waals surface area contributed by atoms with E-state index in [0.717, 1.165) is 26.1 Å². The third-order valence-electron chi connectivity index (χ3n) is 2.17. The smallest absolute Gasteiger partial charge is 0.153 e. The lowest BCUT2D eigenvalue weighted by atomic mass is 9.85. The Kier molecular flexibility index (Phi) is 3.04. The highest BCUT2D eigenvalue weighted by atomic mass is 32.2. The summed E-state index contributed by atoms with van der Waals surface area (Å²) in [7, 11) is 0. The fourth-order valence-corrected chi connectivity index (χ4v) is 2.19. The summed E-state index contributed by atoms with van der Waals surface area (Å²) in [5.74, 6) is 0.385. The fourth-order valence-electron chi connectivity index (χ4n) is 1.31. The van der Waals surface area contributed by atoms with Crippen LogP contribution in [0.2, 0.25) is 0 Å². The average Bonchev–Trinajstić information content (AvgIpc) is 1.85. The van der Waals surface area contributed by atoms with E-state index in [0.29, 0.717) is 5.75 Å². The van der Waals surface area contributed by atoms with Crippen LogP contribution in [0.5, 0.6) is 0 Å². The van der Waals surface area contributed by atoms with Crippen LogP contribution in [0.15, 0.2) is 0 Å². The fraction of sp³-hybridized carbons (Fsp3) is 1.00. The molecular weight excluding hydrogens is 164 g/mol. The lowest BCUT2D eigenvalue weighted by molar-refractivity contribution is 0.0340. The van der Waals surface area contributed by atoms with Crippen LogP contribution in [0, 0.1) is 5.41 Å². The van der Waals surface area contributed by atoms with Gasteiger partial charge in [0, 0.05) is 13.2 Å². The van der Waals surface area contributed by atoms with Crippen molar-refractivity contribution >= 4 is 11.1 Å². The minimum atomic E-state index is -1.66. The Hall–Kier alpha value is 0.0700. The molecule has 3 nitrogen and oxygen atoms in total. The van der Waals surface area contributed by atoms with E-state index >= 15 is 0 Å². The molecule has 66 valence electrons. The molecule has 0 amide bonds. The highest BCUT2D eigenvalue weighted by Crippen LogP contribution is 2.30. The van der Waals surface area contributed by atoms with Gasteiger partial charge in [-0.05, 0) is 18.3 Å². The summed E-state index contributed by atoms with van der Waals surface area (Å²) in [6.45, 7) is 3.50. The molecule has 0 aromatic carbocycles. The number of ether oxygens (including phenoxy) is 1. The van der Waals surface area contributed by atoms with Crippen molar-refractivity contribution in [2.45, 2.75) is 19.8 Å². The molecule has 1 unspecified atom stereocenters. The van der Waals surface area contributed by atoms with Crippen LogP contribution < -0.4 is 0 Å². The highest BCUT2D eigenvalue weighted by Gasteiger charge is 2.28. The molecule has 1 N–H and O–H groups in total. The molecule has 1 rings (SSSR count). The molecule has 0 aliphatic carbocycles. The van der Waals surface area contributed by atoms with Crippen molar-refractivity contribution in [2.24, 2.45) is 5.41 Å². The van der Waals surface area contributed by atoms with Gasteiger partial charge in [0.15, 0.2) is 11.1 Å². The lowest BCUT2D eigenvalue weighted by Crippen LogP contribution is -2.31. The maximum Gasteiger partial charge on any atom is 0.153 e. The second-order valence-corrected chi connectivity index (χ2v) is 4.32. The Labute approximate surface area is 69.4 Å². The van der Waals surface area contributed by atoms with Gasteiger partial charge in [0.2, 0.25) is 0 Å². The molecule has 0 radical (unpaired) electrons. The first-order chi connectivity index (χ1) is 5.12. The summed E-state index contributed by atoms with van der Waals surface area (Å²) < 4.78 is 24.4. The summed E-state index contributed by atoms with van der Waals surface area (Å²) in [6, 6.07) is 0. The normalized spacial score (nSPS) is 26.4. The Morgan fingerprint density at radius 2 is 2.09 bits per heavy atom. The van der Waals surface area contributed by atoms with Gasteiger partial charge in [-0.15, -0.1) is 0 Å². The van der Waals surface area contributed by atoms with Crippen molar-refractivity contribution < 1.29 is 13.5 Å². The summed E-state index contributed by atoms with van der Waals surface area (Å²) in [4.78, 5) is 0. The topological polar surface area (TPSA) is 46.5 Å². The minimum Gasteiger partial charge on any atom is -0.381 e. The zero-order valence-electron chi connectivity index (χ0n) is 6.71. The van der Waals surface area contributed by atoms with Gasteiger partial charge in [-0.2, -0.15) is 0 Å². The predicted molar refractivity (Wildman–Crippen MR) is 43.8 cm³/mol. The Bertz CT molecular complexity index is 152. The van der Waals surface area contributed by atoms with Crippen LogP contribution in [-0.4, -0.2) is 27.7 Å². The van der Waals surface area contributed by atoms with Gasteiger partial charge in [0.1, 0.15) is 0 Å². The van der Waals surface area contributed by atoms with Crippen LogP contribution in [0.4, 0.5) is 0 Å². The molecule has 0 bridgehead atoms. The summed E-state index contributed by atoms with van der Waals surface area (Å²) in [5.41, 5.74) is 0.0257. The van der Waals surface area contributed by atoms with Gasteiger partial charge in [-0.25, -0.2) is 4.21 Å². The molecule has 1 saturated heterocycles. The molecule has 0 saturated carbocycles. The third kappa shape index (κ3) is 2.89. The molecular formula is C7H14O3S. The summed E-state index contributed by atoms with van der Waals surface area (Å²) in [6.07, 6.45) is 1.80. The predicted octanol–water partition coefficient (Wildman–Crippen LogP) is 1.02. The first-order valence-electron chi connectivity index (χ1n) is 3.78. The first-order valence-corrected chi connectivity index (χ1v) is 5.05. The van der Waals surface area contributed by atoms with Gasteiger partial charge in [-0.1, -0.05) is 6.92 Å². The van der Waals surface area contributed by atoms with Crippen molar-refractivity contribution in [2.75, 3.05) is 19.0 Å². The highest BCUT2D eigenvalue weighted by molar-refractivity contribution is 7.79. The van der Waals surface area contributed by atoms with Gasteiger partial charge in [0.05, 0.1) is 5.75 Å². The van der Waals surface area contributed by atoms with E-state index < -0.39 is 11.1 Å². The van der Waals surface area contributed by atoms with Crippen molar-refractivity contribution in [3.8, 4) is 0 Å². The molecule has 1 aliphatic heterocycles. The lowest BCUT2D eigenvalue weighted by Gasteiger charge is -2.31. The molecule has 1 atom stereocenters. The first kappa shape index (κ1) is 9.16. The van der Waals surface area contributed by atoms with Crippen molar-refractivity contribution in [3.05, 3.63) is 0 Å². The molecule has 1 fully saturated rings. The van der Waals surface area contributed by atoms with E-state index in [1.807, 2.05) is 6.92 Å². The van der Waals surface area contributed by atoms with Crippen LogP contribution in [0.1, 0.15) is 19.8 Å². The Morgan fingerprint density at radius 1 is 1.55 bits per heavy atom. The van der Waals surface area contributed by atoms with E-state index in [4.69, 9.17) is 9.29 Å². The SMILES string of the molecule is CC1(CS(=O)O)CCOCC1. The zero-order valence-corrected chi connectivity index (χ0v) is 7.52. The van der Waals surface area contributed by atoms with Crippen molar-refractivity contribution in [1.29, 1.82) is 0 Å². The number of hydrogen-bond donors (Lipinski definition) is 1. The monoisotopic (exact) mass is 178 g/mol. The molecule has 1 aliphatic rings. The van der Waals surface area contributed by atoms with E-state index in [9.17, 15) is 4.21 Å². The molecule has 0 aromatic rings. The van der Waals surface area contributed by atoms with Crippen LogP contribution in [0.25, 0.3) is 0 Å². The Morgan fingerprint density at radius 3 is 2.55 bits per heavy atom. The quantitative estimate of drug-likeness (QED) is 0.642. The van der Waals surface area contributed by atoms with Crippen molar-refractivity contribution in [3.63, 3.8) is 0 Å². The summed E-state index contributed by atoms with van der Waals surface area (Å²) in [5, 5.41) is 0. The van der Waals surface area contributed by atoms with Gasteiger partial charge >= 0.3 is 0 Å². The average molecular weight is 178 g/mol. The third-order valence-corrected chi connectivity index (χ3v) is 3.12. The molecule has 4 heteroatoms. The Balaban J connectivity index is 2.43. The second-order valence-electron chi connectivity index (χ2n) is 3.39. The summed E-state index contributed by atoms with van der Waals surface area (Å²) >= 11 is -1.66. The van der Waals surface area contributed by atoms with E-state index in [1.54, 1.807) is 0 Å².